The lowest BCUT2D eigenvalue weighted by atomic mass is 10.2. The van der Waals surface area contributed by atoms with Crippen LogP contribution in [0.3, 0.4) is 0 Å². The molecule has 0 radical (unpaired) electrons. The highest BCUT2D eigenvalue weighted by atomic mass is 16.5. The number of carbonyl (C=O) groups excluding carboxylic acids is 2. The summed E-state index contributed by atoms with van der Waals surface area (Å²) in [5.74, 6) is 0.584. The molecule has 0 aliphatic rings. The number of hydrogen-bond donors (Lipinski definition) is 1. The van der Waals surface area contributed by atoms with Gasteiger partial charge in [-0.05, 0) is 36.8 Å². The predicted octanol–water partition coefficient (Wildman–Crippen LogP) is 2.58. The molecule has 0 heterocycles. The molecule has 2 aromatic carbocycles. The molecule has 7 nitrogen and oxygen atoms in total. The highest BCUT2D eigenvalue weighted by Gasteiger charge is 2.15. The van der Waals surface area contributed by atoms with E-state index in [1.807, 2.05) is 13.0 Å². The van der Waals surface area contributed by atoms with Crippen molar-refractivity contribution in [2.24, 2.45) is 0 Å². The van der Waals surface area contributed by atoms with Crippen molar-refractivity contribution in [3.63, 3.8) is 0 Å². The van der Waals surface area contributed by atoms with E-state index in [2.05, 4.69) is 5.32 Å². The summed E-state index contributed by atoms with van der Waals surface area (Å²) in [6.07, 6.45) is 0. The fraction of sp³-hybridized carbons (Fsp3) is 0.300. The Morgan fingerprint density at radius 2 is 1.70 bits per heavy atom. The molecular weight excluding hydrogens is 350 g/mol. The van der Waals surface area contributed by atoms with Crippen LogP contribution in [0.4, 0.5) is 0 Å². The zero-order chi connectivity index (χ0) is 19.6. The summed E-state index contributed by atoms with van der Waals surface area (Å²) in [6.45, 7) is 2.14. The van der Waals surface area contributed by atoms with Gasteiger partial charge in [-0.25, -0.2) is 4.79 Å². The Morgan fingerprint density at radius 3 is 2.41 bits per heavy atom. The lowest BCUT2D eigenvalue weighted by Gasteiger charge is -2.11. The Hall–Kier alpha value is -3.22. The minimum absolute atomic E-state index is 0.270. The van der Waals surface area contributed by atoms with Crippen LogP contribution < -0.4 is 19.5 Å². The van der Waals surface area contributed by atoms with E-state index in [9.17, 15) is 9.59 Å². The normalized spacial score (nSPS) is 10.0. The fourth-order valence-corrected chi connectivity index (χ4v) is 2.37. The number of nitrogens with one attached hydrogen (secondary N) is 1. The van der Waals surface area contributed by atoms with E-state index >= 15 is 0 Å². The molecule has 0 atom stereocenters. The maximum Gasteiger partial charge on any atom is 0.342 e. The van der Waals surface area contributed by atoms with Crippen molar-refractivity contribution in [1.82, 2.24) is 5.32 Å². The van der Waals surface area contributed by atoms with Crippen molar-refractivity contribution < 1.29 is 28.5 Å². The second kappa shape index (κ2) is 10.1. The number of amides is 1. The molecule has 0 aliphatic heterocycles. The van der Waals surface area contributed by atoms with Gasteiger partial charge in [-0.1, -0.05) is 18.2 Å². The summed E-state index contributed by atoms with van der Waals surface area (Å²) in [6, 6.07) is 12.1. The lowest BCUT2D eigenvalue weighted by molar-refractivity contribution is -0.124. The van der Waals surface area contributed by atoms with Crippen LogP contribution in [0.1, 0.15) is 22.8 Å². The summed E-state index contributed by atoms with van der Waals surface area (Å²) >= 11 is 0. The number of benzene rings is 2. The molecule has 2 aromatic rings. The number of para-hydroxylation sites is 1. The van der Waals surface area contributed by atoms with E-state index in [1.165, 1.54) is 0 Å². The van der Waals surface area contributed by atoms with E-state index in [-0.39, 0.29) is 18.7 Å². The molecule has 0 aliphatic carbocycles. The van der Waals surface area contributed by atoms with Crippen molar-refractivity contribution in [2.75, 3.05) is 27.4 Å². The number of carbonyl (C=O) groups is 2. The molecule has 1 amide bonds. The summed E-state index contributed by atoms with van der Waals surface area (Å²) in [7, 11) is 3.09. The smallest absolute Gasteiger partial charge is 0.342 e. The van der Waals surface area contributed by atoms with Gasteiger partial charge in [0.05, 0.1) is 20.8 Å². The third kappa shape index (κ3) is 5.64. The molecule has 0 saturated heterocycles. The van der Waals surface area contributed by atoms with Gasteiger partial charge < -0.3 is 24.3 Å². The largest absolute Gasteiger partial charge is 0.493 e. The number of rotatable bonds is 9. The number of ether oxygens (including phenoxy) is 4. The molecule has 27 heavy (non-hydrogen) atoms. The van der Waals surface area contributed by atoms with Gasteiger partial charge in [0, 0.05) is 6.54 Å². The van der Waals surface area contributed by atoms with Gasteiger partial charge in [-0.2, -0.15) is 0 Å². The molecule has 0 spiro atoms. The maximum atomic E-state index is 12.2. The minimum Gasteiger partial charge on any atom is -0.493 e. The Balaban J connectivity index is 1.87. The molecular formula is C20H23NO6. The van der Waals surface area contributed by atoms with Crippen LogP contribution in [0.25, 0.3) is 0 Å². The molecule has 144 valence electrons. The molecule has 0 saturated carbocycles. The first-order chi connectivity index (χ1) is 13.1. The highest BCUT2D eigenvalue weighted by molar-refractivity contribution is 5.93. The van der Waals surface area contributed by atoms with Crippen LogP contribution in [-0.4, -0.2) is 39.3 Å². The van der Waals surface area contributed by atoms with Crippen molar-refractivity contribution in [2.45, 2.75) is 13.5 Å². The van der Waals surface area contributed by atoms with Gasteiger partial charge >= 0.3 is 5.97 Å². The molecule has 2 rings (SSSR count). The monoisotopic (exact) mass is 373 g/mol. The first-order valence-corrected chi connectivity index (χ1v) is 8.45. The Kier molecular flexibility index (Phi) is 7.49. The first kappa shape index (κ1) is 20.1. The van der Waals surface area contributed by atoms with Gasteiger partial charge in [-0.15, -0.1) is 0 Å². The summed E-state index contributed by atoms with van der Waals surface area (Å²) in [4.78, 5) is 24.1. The second-order valence-corrected chi connectivity index (χ2v) is 5.47. The maximum absolute atomic E-state index is 12.2. The molecule has 0 bridgehead atoms. The Labute approximate surface area is 158 Å². The zero-order valence-electron chi connectivity index (χ0n) is 15.6. The van der Waals surface area contributed by atoms with Crippen LogP contribution in [0.2, 0.25) is 0 Å². The lowest BCUT2D eigenvalue weighted by Crippen LogP contribution is -2.28. The zero-order valence-corrected chi connectivity index (χ0v) is 15.6. The highest BCUT2D eigenvalue weighted by Crippen LogP contribution is 2.27. The summed E-state index contributed by atoms with van der Waals surface area (Å²) in [5.41, 5.74) is 1.11. The van der Waals surface area contributed by atoms with Crippen molar-refractivity contribution in [3.05, 3.63) is 53.6 Å². The Morgan fingerprint density at radius 1 is 0.963 bits per heavy atom. The SMILES string of the molecule is CCOc1ccccc1C(=O)OCC(=O)NCc1ccc(OC)c(OC)c1. The summed E-state index contributed by atoms with van der Waals surface area (Å²) < 4.78 is 20.9. The van der Waals surface area contributed by atoms with Crippen LogP contribution in [0, 0.1) is 0 Å². The van der Waals surface area contributed by atoms with E-state index in [1.54, 1.807) is 50.6 Å². The molecule has 0 aromatic heterocycles. The first-order valence-electron chi connectivity index (χ1n) is 8.45. The molecule has 0 fully saturated rings. The van der Waals surface area contributed by atoms with Crippen LogP contribution in [0.15, 0.2) is 42.5 Å². The third-order valence-corrected chi connectivity index (χ3v) is 3.68. The second-order valence-electron chi connectivity index (χ2n) is 5.47. The molecule has 7 heteroatoms. The van der Waals surface area contributed by atoms with Crippen molar-refractivity contribution in [3.8, 4) is 17.2 Å². The quantitative estimate of drug-likeness (QED) is 0.680. The number of methoxy groups -OCH3 is 2. The average molecular weight is 373 g/mol. The van der Waals surface area contributed by atoms with E-state index < -0.39 is 11.9 Å². The average Bonchev–Trinajstić information content (AvgIpc) is 2.70. The number of esters is 1. The van der Waals surface area contributed by atoms with Crippen LogP contribution in [-0.2, 0) is 16.1 Å². The van der Waals surface area contributed by atoms with Crippen molar-refractivity contribution in [1.29, 1.82) is 0 Å². The predicted molar refractivity (Wildman–Crippen MR) is 99.3 cm³/mol. The van der Waals surface area contributed by atoms with E-state index in [0.717, 1.165) is 5.56 Å². The minimum atomic E-state index is -0.611. The van der Waals surface area contributed by atoms with Crippen LogP contribution in [0.5, 0.6) is 17.2 Å². The summed E-state index contributed by atoms with van der Waals surface area (Å²) in [5, 5.41) is 2.69. The van der Waals surface area contributed by atoms with Gasteiger partial charge in [0.2, 0.25) is 0 Å². The van der Waals surface area contributed by atoms with E-state index in [0.29, 0.717) is 23.9 Å². The third-order valence-electron chi connectivity index (χ3n) is 3.68. The Bertz CT molecular complexity index is 790. The number of hydrogen-bond acceptors (Lipinski definition) is 6. The standard InChI is InChI=1S/C20H23NO6/c1-4-26-16-8-6-5-7-15(16)20(23)27-13-19(22)21-12-14-9-10-17(24-2)18(11-14)25-3/h5-11H,4,12-13H2,1-3H3,(H,21,22). The van der Waals surface area contributed by atoms with E-state index in [4.69, 9.17) is 18.9 Å². The fourth-order valence-electron chi connectivity index (χ4n) is 2.37. The van der Waals surface area contributed by atoms with Gasteiger partial charge in [0.25, 0.3) is 5.91 Å². The van der Waals surface area contributed by atoms with Gasteiger partial charge in [-0.3, -0.25) is 4.79 Å². The topological polar surface area (TPSA) is 83.1 Å². The van der Waals surface area contributed by atoms with Crippen LogP contribution >= 0.6 is 0 Å². The molecule has 0 unspecified atom stereocenters. The van der Waals surface area contributed by atoms with Crippen molar-refractivity contribution >= 4 is 11.9 Å². The van der Waals surface area contributed by atoms with Gasteiger partial charge in [0.15, 0.2) is 18.1 Å². The van der Waals surface area contributed by atoms with Gasteiger partial charge in [0.1, 0.15) is 11.3 Å². The molecule has 1 N–H and O–H groups in total.